The largest absolute Gasteiger partial charge is 0.351 e. The number of hydrogen-bond donors (Lipinski definition) is 2. The van der Waals surface area contributed by atoms with Crippen molar-refractivity contribution in [3.05, 3.63) is 21.9 Å². The number of hydrogen-bond acceptors (Lipinski definition) is 3. The molecule has 1 aromatic rings. The number of carbonyl (C=O) groups excluding carboxylic acids is 1. The Morgan fingerprint density at radius 1 is 1.50 bits per heavy atom. The van der Waals surface area contributed by atoms with Crippen LogP contribution in [0.2, 0.25) is 0 Å². The first-order valence-electron chi connectivity index (χ1n) is 5.34. The predicted molar refractivity (Wildman–Crippen MR) is 71.6 cm³/mol. The number of rotatable bonds is 6. The van der Waals surface area contributed by atoms with E-state index in [9.17, 15) is 4.79 Å². The second kappa shape index (κ2) is 8.56. The van der Waals surface area contributed by atoms with Crippen molar-refractivity contribution in [2.75, 3.05) is 13.1 Å². The lowest BCUT2D eigenvalue weighted by atomic mass is 10.2. The molecule has 0 spiro atoms. The Morgan fingerprint density at radius 2 is 2.25 bits per heavy atom. The lowest BCUT2D eigenvalue weighted by molar-refractivity contribution is 0.0956. The monoisotopic (exact) mass is 262 g/mol. The third kappa shape index (κ3) is 4.51. The summed E-state index contributed by atoms with van der Waals surface area (Å²) in [6.07, 6.45) is 2.83. The highest BCUT2D eigenvalue weighted by molar-refractivity contribution is 7.12. The van der Waals surface area contributed by atoms with Crippen LogP contribution in [0.25, 0.3) is 0 Å². The van der Waals surface area contributed by atoms with Gasteiger partial charge in [0.1, 0.15) is 0 Å². The molecule has 0 unspecified atom stereocenters. The molecule has 0 aliphatic rings. The minimum absolute atomic E-state index is 0. The van der Waals surface area contributed by atoms with Crippen molar-refractivity contribution in [2.24, 2.45) is 5.73 Å². The molecule has 1 amide bonds. The smallest absolute Gasteiger partial charge is 0.261 e. The van der Waals surface area contributed by atoms with Crippen LogP contribution in [0.5, 0.6) is 0 Å². The second-order valence-electron chi connectivity index (χ2n) is 3.38. The van der Waals surface area contributed by atoms with Gasteiger partial charge in [-0.05, 0) is 42.8 Å². The van der Waals surface area contributed by atoms with Gasteiger partial charge in [0.25, 0.3) is 5.91 Å². The van der Waals surface area contributed by atoms with Crippen molar-refractivity contribution in [3.63, 3.8) is 0 Å². The van der Waals surface area contributed by atoms with Gasteiger partial charge < -0.3 is 11.1 Å². The summed E-state index contributed by atoms with van der Waals surface area (Å²) in [5, 5.41) is 4.88. The molecule has 1 heterocycles. The van der Waals surface area contributed by atoms with Gasteiger partial charge in [0.05, 0.1) is 4.88 Å². The van der Waals surface area contributed by atoms with Crippen LogP contribution in [0.1, 0.15) is 35.0 Å². The molecular formula is C11H19ClN2OS. The van der Waals surface area contributed by atoms with Gasteiger partial charge in [0.2, 0.25) is 0 Å². The van der Waals surface area contributed by atoms with E-state index in [1.807, 2.05) is 11.4 Å². The van der Waals surface area contributed by atoms with Crippen LogP contribution in [0.4, 0.5) is 0 Å². The van der Waals surface area contributed by atoms with E-state index in [0.717, 1.165) is 36.2 Å². The Hall–Kier alpha value is -0.580. The van der Waals surface area contributed by atoms with E-state index in [1.54, 1.807) is 0 Å². The molecule has 1 aromatic heterocycles. The highest BCUT2D eigenvalue weighted by Crippen LogP contribution is 2.16. The Kier molecular flexibility index (Phi) is 8.25. The molecule has 0 bridgehead atoms. The molecule has 0 aliphatic carbocycles. The zero-order valence-corrected chi connectivity index (χ0v) is 11.1. The molecule has 0 aromatic carbocycles. The maximum absolute atomic E-state index is 11.7. The summed E-state index contributed by atoms with van der Waals surface area (Å²) in [5.74, 6) is 0.0545. The highest BCUT2D eigenvalue weighted by atomic mass is 35.5. The summed E-state index contributed by atoms with van der Waals surface area (Å²) in [5.41, 5.74) is 6.51. The van der Waals surface area contributed by atoms with E-state index >= 15 is 0 Å². The third-order valence-corrected chi connectivity index (χ3v) is 3.21. The molecule has 16 heavy (non-hydrogen) atoms. The molecule has 92 valence electrons. The third-order valence-electron chi connectivity index (χ3n) is 2.25. The van der Waals surface area contributed by atoms with Crippen LogP contribution < -0.4 is 11.1 Å². The Labute approximate surface area is 107 Å². The van der Waals surface area contributed by atoms with Crippen LogP contribution >= 0.6 is 23.7 Å². The van der Waals surface area contributed by atoms with Crippen molar-refractivity contribution >= 4 is 29.7 Å². The molecular weight excluding hydrogens is 244 g/mol. The van der Waals surface area contributed by atoms with Crippen molar-refractivity contribution in [1.82, 2.24) is 5.32 Å². The Bertz CT molecular complexity index is 315. The summed E-state index contributed by atoms with van der Waals surface area (Å²) in [7, 11) is 0. The minimum Gasteiger partial charge on any atom is -0.351 e. The van der Waals surface area contributed by atoms with Crippen LogP contribution in [-0.2, 0) is 6.42 Å². The zero-order valence-electron chi connectivity index (χ0n) is 9.49. The molecule has 0 saturated heterocycles. The van der Waals surface area contributed by atoms with Crippen molar-refractivity contribution < 1.29 is 4.79 Å². The van der Waals surface area contributed by atoms with Crippen molar-refractivity contribution in [1.29, 1.82) is 0 Å². The minimum atomic E-state index is 0. The van der Waals surface area contributed by atoms with Crippen LogP contribution in [0.15, 0.2) is 11.4 Å². The van der Waals surface area contributed by atoms with E-state index in [-0.39, 0.29) is 18.3 Å². The van der Waals surface area contributed by atoms with E-state index < -0.39 is 0 Å². The van der Waals surface area contributed by atoms with Gasteiger partial charge in [-0.25, -0.2) is 0 Å². The van der Waals surface area contributed by atoms with Crippen LogP contribution in [0.3, 0.4) is 0 Å². The molecule has 0 aliphatic heterocycles. The number of nitrogens with one attached hydrogen (secondary N) is 1. The topological polar surface area (TPSA) is 55.1 Å². The number of carbonyl (C=O) groups is 1. The fraction of sp³-hybridized carbons (Fsp3) is 0.545. The average Bonchev–Trinajstić information content (AvgIpc) is 2.72. The summed E-state index contributed by atoms with van der Waals surface area (Å²) < 4.78 is 0. The maximum atomic E-state index is 11.7. The van der Waals surface area contributed by atoms with Gasteiger partial charge in [-0.1, -0.05) is 6.92 Å². The molecule has 0 radical (unpaired) electrons. The first-order valence-corrected chi connectivity index (χ1v) is 6.22. The molecule has 3 N–H and O–H groups in total. The first kappa shape index (κ1) is 15.4. The molecule has 0 saturated carbocycles. The SMILES string of the molecule is CCc1ccsc1C(=O)NCCCCN.Cl. The molecule has 3 nitrogen and oxygen atoms in total. The van der Waals surface area contributed by atoms with Crippen LogP contribution in [0, 0.1) is 0 Å². The summed E-state index contributed by atoms with van der Waals surface area (Å²) in [6.45, 7) is 3.47. The molecule has 1 rings (SSSR count). The second-order valence-corrected chi connectivity index (χ2v) is 4.30. The summed E-state index contributed by atoms with van der Waals surface area (Å²) in [4.78, 5) is 12.6. The van der Waals surface area contributed by atoms with E-state index in [2.05, 4.69) is 12.2 Å². The molecule has 5 heteroatoms. The highest BCUT2D eigenvalue weighted by Gasteiger charge is 2.10. The molecule has 0 atom stereocenters. The zero-order chi connectivity index (χ0) is 11.1. The number of nitrogens with two attached hydrogens (primary N) is 1. The van der Waals surface area contributed by atoms with E-state index in [1.165, 1.54) is 11.3 Å². The van der Waals surface area contributed by atoms with Gasteiger partial charge in [0, 0.05) is 6.54 Å². The quantitative estimate of drug-likeness (QED) is 0.773. The average molecular weight is 263 g/mol. The first-order chi connectivity index (χ1) is 7.29. The van der Waals surface area contributed by atoms with Gasteiger partial charge >= 0.3 is 0 Å². The van der Waals surface area contributed by atoms with Crippen molar-refractivity contribution in [3.8, 4) is 0 Å². The number of unbranched alkanes of at least 4 members (excludes halogenated alkanes) is 1. The van der Waals surface area contributed by atoms with E-state index in [0.29, 0.717) is 6.54 Å². The lowest BCUT2D eigenvalue weighted by Gasteiger charge is -2.04. The maximum Gasteiger partial charge on any atom is 0.261 e. The predicted octanol–water partition coefficient (Wildman–Crippen LogP) is 2.20. The van der Waals surface area contributed by atoms with E-state index in [4.69, 9.17) is 5.73 Å². The van der Waals surface area contributed by atoms with Gasteiger partial charge in [-0.2, -0.15) is 0 Å². The van der Waals surface area contributed by atoms with Gasteiger partial charge in [0.15, 0.2) is 0 Å². The number of amides is 1. The number of aryl methyl sites for hydroxylation is 1. The van der Waals surface area contributed by atoms with Gasteiger partial charge in [-0.3, -0.25) is 4.79 Å². The Morgan fingerprint density at radius 3 is 2.88 bits per heavy atom. The normalized spacial score (nSPS) is 9.62. The van der Waals surface area contributed by atoms with Crippen molar-refractivity contribution in [2.45, 2.75) is 26.2 Å². The fourth-order valence-electron chi connectivity index (χ4n) is 1.36. The van der Waals surface area contributed by atoms with Crippen LogP contribution in [-0.4, -0.2) is 19.0 Å². The lowest BCUT2D eigenvalue weighted by Crippen LogP contribution is -2.24. The molecule has 0 fully saturated rings. The number of halogens is 1. The Balaban J connectivity index is 0.00000225. The summed E-state index contributed by atoms with van der Waals surface area (Å²) >= 11 is 1.51. The van der Waals surface area contributed by atoms with Gasteiger partial charge in [-0.15, -0.1) is 23.7 Å². The number of thiophene rings is 1. The standard InChI is InChI=1S/C11H18N2OS.ClH/c1-2-9-5-8-15-10(9)11(14)13-7-4-3-6-12;/h5,8H,2-4,6-7,12H2,1H3,(H,13,14);1H. The fourth-order valence-corrected chi connectivity index (χ4v) is 2.28. The summed E-state index contributed by atoms with van der Waals surface area (Å²) in [6, 6.07) is 2.01.